The number of amides is 1. The van der Waals surface area contributed by atoms with Crippen molar-refractivity contribution in [2.45, 2.75) is 6.42 Å². The molecule has 1 rings (SSSR count). The minimum Gasteiger partial charge on any atom is -1.00 e. The number of methoxy groups -OCH3 is 1. The number of carbonyl (C=O) groups excluding carboxylic acids is 1. The summed E-state index contributed by atoms with van der Waals surface area (Å²) in [6, 6.07) is 5.39. The van der Waals surface area contributed by atoms with Crippen LogP contribution in [0.25, 0.3) is 0 Å². The summed E-state index contributed by atoms with van der Waals surface area (Å²) in [4.78, 5) is 11.6. The molecule has 0 heterocycles. The van der Waals surface area contributed by atoms with Crippen LogP contribution in [0.5, 0.6) is 5.75 Å². The normalized spacial score (nSPS) is 11.1. The SMILES string of the molecule is COc1ccc(Cl)cc1C/C=N/NC(=O)C[N+](C)(C)C.[Cl-]. The van der Waals surface area contributed by atoms with Crippen molar-refractivity contribution < 1.29 is 26.4 Å². The average Bonchev–Trinajstić information content (AvgIpc) is 2.33. The van der Waals surface area contributed by atoms with Crippen molar-refractivity contribution in [1.82, 2.24) is 5.43 Å². The van der Waals surface area contributed by atoms with Crippen molar-refractivity contribution in [3.8, 4) is 5.75 Å². The lowest BCUT2D eigenvalue weighted by atomic mass is 10.1. The van der Waals surface area contributed by atoms with Crippen LogP contribution < -0.4 is 22.6 Å². The molecule has 0 aliphatic heterocycles. The summed E-state index contributed by atoms with van der Waals surface area (Å²) in [5.41, 5.74) is 3.42. The lowest BCUT2D eigenvalue weighted by Gasteiger charge is -2.21. The highest BCUT2D eigenvalue weighted by atomic mass is 35.5. The number of rotatable bonds is 6. The van der Waals surface area contributed by atoms with Gasteiger partial charge in [0.15, 0.2) is 6.54 Å². The van der Waals surface area contributed by atoms with E-state index in [4.69, 9.17) is 16.3 Å². The van der Waals surface area contributed by atoms with Crippen LogP contribution in [0, 0.1) is 0 Å². The second-order valence-electron chi connectivity index (χ2n) is 5.46. The van der Waals surface area contributed by atoms with Crippen LogP contribution in [0.1, 0.15) is 5.56 Å². The van der Waals surface area contributed by atoms with E-state index in [1.807, 2.05) is 27.2 Å². The third-order valence-corrected chi connectivity index (χ3v) is 2.69. The van der Waals surface area contributed by atoms with Crippen molar-refractivity contribution in [2.24, 2.45) is 5.10 Å². The molecule has 1 aromatic rings. The molecule has 0 aliphatic rings. The van der Waals surface area contributed by atoms with Gasteiger partial charge in [-0.1, -0.05) is 11.6 Å². The number of quaternary nitrogens is 1. The molecule has 1 amide bonds. The predicted molar refractivity (Wildman–Crippen MR) is 81.2 cm³/mol. The van der Waals surface area contributed by atoms with E-state index in [9.17, 15) is 4.79 Å². The summed E-state index contributed by atoms with van der Waals surface area (Å²) < 4.78 is 5.79. The molecule has 1 N–H and O–H groups in total. The minimum atomic E-state index is -0.119. The summed E-state index contributed by atoms with van der Waals surface area (Å²) in [5.74, 6) is 0.630. The quantitative estimate of drug-likeness (QED) is 0.400. The van der Waals surface area contributed by atoms with E-state index in [1.54, 1.807) is 25.5 Å². The number of hydrazone groups is 1. The molecule has 118 valence electrons. The Kier molecular flexibility index (Phi) is 8.32. The molecule has 5 nitrogen and oxygen atoms in total. The van der Waals surface area contributed by atoms with E-state index in [-0.39, 0.29) is 18.3 Å². The summed E-state index contributed by atoms with van der Waals surface area (Å²) in [6.07, 6.45) is 2.16. The van der Waals surface area contributed by atoms with Crippen LogP contribution in [0.4, 0.5) is 0 Å². The van der Waals surface area contributed by atoms with Gasteiger partial charge in [0.05, 0.1) is 28.3 Å². The molecule has 0 aliphatic carbocycles. The Morgan fingerprint density at radius 3 is 2.67 bits per heavy atom. The monoisotopic (exact) mass is 333 g/mol. The van der Waals surface area contributed by atoms with Gasteiger partial charge < -0.3 is 21.6 Å². The number of hydrogen-bond donors (Lipinski definition) is 1. The van der Waals surface area contributed by atoms with Gasteiger partial charge in [-0.3, -0.25) is 4.79 Å². The Morgan fingerprint density at radius 2 is 2.10 bits per heavy atom. The van der Waals surface area contributed by atoms with Crippen LogP contribution in [0.15, 0.2) is 23.3 Å². The van der Waals surface area contributed by atoms with Gasteiger partial charge in [-0.25, -0.2) is 5.43 Å². The van der Waals surface area contributed by atoms with E-state index in [2.05, 4.69) is 10.5 Å². The third kappa shape index (κ3) is 7.90. The summed E-state index contributed by atoms with van der Waals surface area (Å²) in [6.45, 7) is 0.373. The van der Waals surface area contributed by atoms with Gasteiger partial charge in [0.1, 0.15) is 5.75 Å². The number of halogens is 2. The lowest BCUT2D eigenvalue weighted by Crippen LogP contribution is -3.00. The molecule has 21 heavy (non-hydrogen) atoms. The Labute approximate surface area is 136 Å². The fraction of sp³-hybridized carbons (Fsp3) is 0.429. The lowest BCUT2D eigenvalue weighted by molar-refractivity contribution is -0.862. The molecule has 0 fully saturated rings. The van der Waals surface area contributed by atoms with Gasteiger partial charge in [0.25, 0.3) is 5.91 Å². The maximum Gasteiger partial charge on any atom is 0.295 e. The number of likely N-dealkylation sites (N-methyl/N-ethyl adjacent to an activating group) is 1. The molecule has 0 bridgehead atoms. The van der Waals surface area contributed by atoms with Gasteiger partial charge in [-0.15, -0.1) is 0 Å². The highest BCUT2D eigenvalue weighted by molar-refractivity contribution is 6.30. The first-order chi connectivity index (χ1) is 9.31. The molecule has 7 heteroatoms. The van der Waals surface area contributed by atoms with Gasteiger partial charge in [-0.05, 0) is 18.2 Å². The molecule has 1 aromatic carbocycles. The minimum absolute atomic E-state index is 0. The molecule has 0 unspecified atom stereocenters. The zero-order valence-electron chi connectivity index (χ0n) is 12.7. The second-order valence-corrected chi connectivity index (χ2v) is 5.89. The number of nitrogens with one attached hydrogen (secondary N) is 1. The van der Waals surface area contributed by atoms with Crippen LogP contribution in [-0.2, 0) is 11.2 Å². The molecule has 0 aromatic heterocycles. The van der Waals surface area contributed by atoms with E-state index >= 15 is 0 Å². The average molecular weight is 334 g/mol. The number of ether oxygens (including phenoxy) is 1. The first kappa shape index (κ1) is 19.7. The summed E-state index contributed by atoms with van der Waals surface area (Å²) in [5, 5.41) is 4.56. The maximum absolute atomic E-state index is 11.6. The number of carbonyl (C=O) groups is 1. The standard InChI is InChI=1S/C14H20ClN3O2.ClH/c1-18(2,3)10-14(19)17-16-8-7-11-9-12(15)5-6-13(11)20-4;/h5-6,8-9H,7,10H2,1-4H3;1H/b16-8+;. The highest BCUT2D eigenvalue weighted by Gasteiger charge is 2.13. The molecule has 0 atom stereocenters. The second kappa shape index (κ2) is 8.87. The van der Waals surface area contributed by atoms with E-state index in [1.165, 1.54) is 0 Å². The Balaban J connectivity index is 0.00000400. The third-order valence-electron chi connectivity index (χ3n) is 2.45. The molecular formula is C14H21Cl2N3O2. The number of nitrogens with zero attached hydrogens (tertiary/aromatic N) is 2. The van der Waals surface area contributed by atoms with E-state index in [0.29, 0.717) is 22.5 Å². The largest absolute Gasteiger partial charge is 1.00 e. The molecule has 0 saturated heterocycles. The van der Waals surface area contributed by atoms with Crippen molar-refractivity contribution in [2.75, 3.05) is 34.8 Å². The van der Waals surface area contributed by atoms with Crippen LogP contribution >= 0.6 is 11.6 Å². The van der Waals surface area contributed by atoms with E-state index < -0.39 is 0 Å². The Morgan fingerprint density at radius 1 is 1.43 bits per heavy atom. The van der Waals surface area contributed by atoms with Gasteiger partial charge in [-0.2, -0.15) is 5.10 Å². The van der Waals surface area contributed by atoms with Crippen LogP contribution in [0.2, 0.25) is 5.02 Å². The van der Waals surface area contributed by atoms with Gasteiger partial charge in [0.2, 0.25) is 0 Å². The fourth-order valence-electron chi connectivity index (χ4n) is 1.63. The molecule has 0 saturated carbocycles. The molecule has 0 radical (unpaired) electrons. The van der Waals surface area contributed by atoms with Gasteiger partial charge >= 0.3 is 0 Å². The summed E-state index contributed by atoms with van der Waals surface area (Å²) >= 11 is 5.94. The zero-order chi connectivity index (χ0) is 15.2. The first-order valence-corrected chi connectivity index (χ1v) is 6.63. The summed E-state index contributed by atoms with van der Waals surface area (Å²) in [7, 11) is 7.44. The fourth-order valence-corrected chi connectivity index (χ4v) is 1.83. The number of hydrogen-bond acceptors (Lipinski definition) is 3. The van der Waals surface area contributed by atoms with Gasteiger partial charge in [0, 0.05) is 23.2 Å². The highest BCUT2D eigenvalue weighted by Crippen LogP contribution is 2.22. The molecule has 0 spiro atoms. The topological polar surface area (TPSA) is 50.7 Å². The van der Waals surface area contributed by atoms with Crippen molar-refractivity contribution in [3.05, 3.63) is 28.8 Å². The smallest absolute Gasteiger partial charge is 0.295 e. The Hall–Kier alpha value is -1.30. The van der Waals surface area contributed by atoms with Crippen molar-refractivity contribution >= 4 is 23.7 Å². The van der Waals surface area contributed by atoms with Crippen LogP contribution in [0.3, 0.4) is 0 Å². The predicted octanol–water partition coefficient (Wildman–Crippen LogP) is -1.30. The zero-order valence-corrected chi connectivity index (χ0v) is 14.2. The van der Waals surface area contributed by atoms with Crippen molar-refractivity contribution in [1.29, 1.82) is 0 Å². The van der Waals surface area contributed by atoms with E-state index in [0.717, 1.165) is 11.3 Å². The first-order valence-electron chi connectivity index (χ1n) is 6.25. The van der Waals surface area contributed by atoms with Crippen LogP contribution in [-0.4, -0.2) is 51.4 Å². The maximum atomic E-state index is 11.6. The number of benzene rings is 1. The van der Waals surface area contributed by atoms with Crippen molar-refractivity contribution in [3.63, 3.8) is 0 Å². The Bertz CT molecular complexity index is 499. The molecular weight excluding hydrogens is 313 g/mol.